The summed E-state index contributed by atoms with van der Waals surface area (Å²) in [6, 6.07) is 0. The summed E-state index contributed by atoms with van der Waals surface area (Å²) < 4.78 is 0. The summed E-state index contributed by atoms with van der Waals surface area (Å²) in [5.41, 5.74) is -0.0370. The largest absolute Gasteiger partial charge is 0.268 e. The molecule has 0 heterocycles. The Morgan fingerprint density at radius 1 is 1.23 bits per heavy atom. The first kappa shape index (κ1) is 17.6. The third-order valence-electron chi connectivity index (χ3n) is 0.709. The Morgan fingerprint density at radius 3 is 1.69 bits per heavy atom. The van der Waals surface area contributed by atoms with Crippen molar-refractivity contribution in [3.8, 4) is 0 Å². The van der Waals surface area contributed by atoms with Gasteiger partial charge in [-0.25, -0.2) is 0 Å². The average Bonchev–Trinajstić information content (AvgIpc) is 2.20. The molecule has 0 aromatic heterocycles. The van der Waals surface area contributed by atoms with Crippen LogP contribution >= 0.6 is 0 Å². The second-order valence-corrected chi connectivity index (χ2v) is 1.29. The molecule has 0 saturated carbocycles. The number of nitrogens with zero attached hydrogens (tertiary/aromatic N) is 1. The van der Waals surface area contributed by atoms with E-state index >= 15 is 0 Å². The van der Waals surface area contributed by atoms with Crippen LogP contribution in [0, 0.1) is 10.1 Å². The second kappa shape index (κ2) is 16.9. The number of hydrogen-bond acceptors (Lipinski definition) is 2. The van der Waals surface area contributed by atoms with Gasteiger partial charge in [0.05, 0.1) is 4.92 Å². The van der Waals surface area contributed by atoms with Gasteiger partial charge in [-0.1, -0.05) is 46.9 Å². The van der Waals surface area contributed by atoms with Gasteiger partial charge < -0.3 is 0 Å². The van der Waals surface area contributed by atoms with Crippen LogP contribution in [0.1, 0.15) is 27.7 Å². The van der Waals surface area contributed by atoms with E-state index in [4.69, 9.17) is 0 Å². The Hall–Kier alpha value is -1.38. The molecule has 3 heteroatoms. The van der Waals surface area contributed by atoms with E-state index in [9.17, 15) is 10.1 Å². The summed E-state index contributed by atoms with van der Waals surface area (Å²) >= 11 is 0. The van der Waals surface area contributed by atoms with Crippen molar-refractivity contribution < 1.29 is 4.92 Å². The highest BCUT2D eigenvalue weighted by Gasteiger charge is 1.99. The van der Waals surface area contributed by atoms with E-state index in [1.165, 1.54) is 18.2 Å². The lowest BCUT2D eigenvalue weighted by molar-refractivity contribution is -0.418. The standard InChI is InChI=1S/C6H7NO2.2C2H6/c1-3-5-6(4-2)7(8)9;2*1-2/h3-5H,1-2H2;2*1-2H3/b6-5+;;. The molecule has 0 radical (unpaired) electrons. The summed E-state index contributed by atoms with van der Waals surface area (Å²) in [7, 11) is 0. The predicted octanol–water partition coefficient (Wildman–Crippen LogP) is 3.57. The zero-order valence-corrected chi connectivity index (χ0v) is 8.91. The topological polar surface area (TPSA) is 43.1 Å². The highest BCUT2D eigenvalue weighted by atomic mass is 16.6. The summed E-state index contributed by atoms with van der Waals surface area (Å²) in [5.74, 6) is 0. The van der Waals surface area contributed by atoms with E-state index in [0.29, 0.717) is 0 Å². The first-order valence-electron chi connectivity index (χ1n) is 4.32. The minimum atomic E-state index is -0.519. The second-order valence-electron chi connectivity index (χ2n) is 1.29. The normalized spacial score (nSPS) is 8.15. The van der Waals surface area contributed by atoms with E-state index in [1.807, 2.05) is 27.7 Å². The number of nitro groups is 1. The zero-order chi connectivity index (χ0) is 11.3. The van der Waals surface area contributed by atoms with Gasteiger partial charge in [0.25, 0.3) is 5.70 Å². The Kier molecular flexibility index (Phi) is 23.0. The zero-order valence-electron chi connectivity index (χ0n) is 8.91. The molecule has 0 fully saturated rings. The molecular weight excluding hydrogens is 166 g/mol. The summed E-state index contributed by atoms with van der Waals surface area (Å²) in [5, 5.41) is 9.94. The van der Waals surface area contributed by atoms with Crippen molar-refractivity contribution in [2.45, 2.75) is 27.7 Å². The van der Waals surface area contributed by atoms with Crippen molar-refractivity contribution in [1.82, 2.24) is 0 Å². The maximum atomic E-state index is 9.94. The molecule has 0 saturated heterocycles. The van der Waals surface area contributed by atoms with Crippen LogP contribution in [0.5, 0.6) is 0 Å². The SMILES string of the molecule is C=C/C=C(\C=C)[N+](=O)[O-].CC.CC. The molecule has 0 aliphatic carbocycles. The molecule has 0 aliphatic heterocycles. The monoisotopic (exact) mass is 185 g/mol. The molecule has 0 spiro atoms. The molecule has 0 unspecified atom stereocenters. The van der Waals surface area contributed by atoms with E-state index in [0.717, 1.165) is 0 Å². The van der Waals surface area contributed by atoms with E-state index in [2.05, 4.69) is 13.2 Å². The number of allylic oxidation sites excluding steroid dienone is 3. The van der Waals surface area contributed by atoms with E-state index < -0.39 is 4.92 Å². The Balaban J connectivity index is -0.000000218. The molecular formula is C10H19NO2. The van der Waals surface area contributed by atoms with Gasteiger partial charge in [0.2, 0.25) is 0 Å². The molecule has 0 aromatic carbocycles. The van der Waals surface area contributed by atoms with Gasteiger partial charge in [-0.05, 0) is 0 Å². The van der Waals surface area contributed by atoms with Crippen molar-refractivity contribution in [2.75, 3.05) is 0 Å². The van der Waals surface area contributed by atoms with E-state index in [-0.39, 0.29) is 5.70 Å². The fourth-order valence-electron chi connectivity index (χ4n) is 0.324. The van der Waals surface area contributed by atoms with Crippen LogP contribution in [-0.4, -0.2) is 4.92 Å². The van der Waals surface area contributed by atoms with Gasteiger partial charge in [-0.3, -0.25) is 10.1 Å². The lowest BCUT2D eigenvalue weighted by Gasteiger charge is -1.84. The van der Waals surface area contributed by atoms with Gasteiger partial charge in [0.1, 0.15) is 0 Å². The van der Waals surface area contributed by atoms with Crippen molar-refractivity contribution >= 4 is 0 Å². The van der Waals surface area contributed by atoms with Crippen molar-refractivity contribution in [2.24, 2.45) is 0 Å². The Morgan fingerprint density at radius 2 is 1.62 bits per heavy atom. The van der Waals surface area contributed by atoms with Crippen LogP contribution in [0.3, 0.4) is 0 Å². The predicted molar refractivity (Wildman–Crippen MR) is 58.2 cm³/mol. The lowest BCUT2D eigenvalue weighted by atomic mass is 10.4. The number of hydrogen-bond donors (Lipinski definition) is 0. The lowest BCUT2D eigenvalue weighted by Crippen LogP contribution is -1.93. The summed E-state index contributed by atoms with van der Waals surface area (Å²) in [4.78, 5) is 9.42. The highest BCUT2D eigenvalue weighted by Crippen LogP contribution is 1.94. The fourth-order valence-corrected chi connectivity index (χ4v) is 0.324. The molecule has 0 aromatic rings. The number of rotatable bonds is 3. The van der Waals surface area contributed by atoms with E-state index in [1.54, 1.807) is 0 Å². The summed E-state index contributed by atoms with van der Waals surface area (Å²) in [6.07, 6.45) is 3.80. The van der Waals surface area contributed by atoms with Crippen LogP contribution in [0.2, 0.25) is 0 Å². The summed E-state index contributed by atoms with van der Waals surface area (Å²) in [6.45, 7) is 14.5. The maximum absolute atomic E-state index is 9.94. The molecule has 0 amide bonds. The molecule has 76 valence electrons. The van der Waals surface area contributed by atoms with Crippen LogP contribution in [-0.2, 0) is 0 Å². The van der Waals surface area contributed by atoms with Crippen molar-refractivity contribution in [3.05, 3.63) is 47.2 Å². The minimum absolute atomic E-state index is 0.0370. The molecule has 0 aliphatic rings. The third kappa shape index (κ3) is 13.6. The first-order valence-corrected chi connectivity index (χ1v) is 4.32. The highest BCUT2D eigenvalue weighted by molar-refractivity contribution is 5.13. The van der Waals surface area contributed by atoms with Crippen LogP contribution in [0.25, 0.3) is 0 Å². The van der Waals surface area contributed by atoms with Gasteiger partial charge in [0, 0.05) is 12.2 Å². The van der Waals surface area contributed by atoms with Gasteiger partial charge in [0.15, 0.2) is 0 Å². The fraction of sp³-hybridized carbons (Fsp3) is 0.400. The van der Waals surface area contributed by atoms with Gasteiger partial charge in [-0.15, -0.1) is 0 Å². The third-order valence-corrected chi connectivity index (χ3v) is 0.709. The minimum Gasteiger partial charge on any atom is -0.258 e. The quantitative estimate of drug-likeness (QED) is 0.383. The molecule has 0 bridgehead atoms. The molecule has 0 N–H and O–H groups in total. The Labute approximate surface area is 80.6 Å². The van der Waals surface area contributed by atoms with Crippen molar-refractivity contribution in [3.63, 3.8) is 0 Å². The average molecular weight is 185 g/mol. The maximum Gasteiger partial charge on any atom is 0.268 e. The van der Waals surface area contributed by atoms with Crippen LogP contribution < -0.4 is 0 Å². The van der Waals surface area contributed by atoms with Crippen molar-refractivity contribution in [1.29, 1.82) is 0 Å². The molecule has 3 nitrogen and oxygen atoms in total. The molecule has 13 heavy (non-hydrogen) atoms. The molecule has 0 atom stereocenters. The molecule has 0 rings (SSSR count). The first-order chi connectivity index (χ1) is 6.22. The van der Waals surface area contributed by atoms with Gasteiger partial charge >= 0.3 is 0 Å². The van der Waals surface area contributed by atoms with Gasteiger partial charge in [-0.2, -0.15) is 0 Å². The smallest absolute Gasteiger partial charge is 0.258 e. The van der Waals surface area contributed by atoms with Crippen LogP contribution in [0.15, 0.2) is 37.1 Å². The Bertz CT molecular complexity index is 172. The van der Waals surface area contributed by atoms with Crippen LogP contribution in [0.4, 0.5) is 0 Å².